The fourth-order valence-corrected chi connectivity index (χ4v) is 2.66. The van der Waals surface area contributed by atoms with E-state index in [1.165, 1.54) is 12.0 Å². The molecule has 1 aliphatic rings. The van der Waals surface area contributed by atoms with Crippen LogP contribution in [-0.4, -0.2) is 13.1 Å². The van der Waals surface area contributed by atoms with Gasteiger partial charge in [0.05, 0.1) is 0 Å². The van der Waals surface area contributed by atoms with Crippen molar-refractivity contribution < 1.29 is 4.74 Å². The summed E-state index contributed by atoms with van der Waals surface area (Å²) in [5, 5.41) is 3.43. The van der Waals surface area contributed by atoms with Crippen LogP contribution >= 0.6 is 0 Å². The van der Waals surface area contributed by atoms with E-state index in [0.717, 1.165) is 18.8 Å². The molecule has 98 valence electrons. The second-order valence-corrected chi connectivity index (χ2v) is 5.02. The maximum atomic E-state index is 6.24. The zero-order valence-electron chi connectivity index (χ0n) is 11.0. The summed E-state index contributed by atoms with van der Waals surface area (Å²) in [6.07, 6.45) is 1.31. The third-order valence-corrected chi connectivity index (χ3v) is 3.66. The van der Waals surface area contributed by atoms with Gasteiger partial charge in [0.2, 0.25) is 0 Å². The van der Waals surface area contributed by atoms with E-state index in [4.69, 9.17) is 4.74 Å². The smallest absolute Gasteiger partial charge is 0.128 e. The van der Waals surface area contributed by atoms with Crippen LogP contribution in [0.1, 0.15) is 18.1 Å². The van der Waals surface area contributed by atoms with E-state index in [2.05, 4.69) is 35.6 Å². The quantitative estimate of drug-likeness (QED) is 0.901. The van der Waals surface area contributed by atoms with E-state index in [1.807, 2.05) is 30.3 Å². The van der Waals surface area contributed by atoms with Crippen LogP contribution in [0.3, 0.4) is 0 Å². The van der Waals surface area contributed by atoms with Gasteiger partial charge in [0.25, 0.3) is 0 Å². The average molecular weight is 253 g/mol. The molecular formula is C17H19NO. The Bertz CT molecular complexity index is 491. The number of ether oxygens (including phenoxy) is 1. The molecule has 0 saturated carbocycles. The lowest BCUT2D eigenvalue weighted by molar-refractivity contribution is 0.144. The number of benzene rings is 2. The second-order valence-electron chi connectivity index (χ2n) is 5.02. The molecule has 1 aliphatic heterocycles. The standard InChI is InChI=1S/C17H19NO/c1-3-7-14(8-4-1)17(15-11-12-18-13-15)19-16-9-5-2-6-10-16/h1-10,15,17-18H,11-13H2. The first-order valence-corrected chi connectivity index (χ1v) is 6.91. The van der Waals surface area contributed by atoms with Crippen molar-refractivity contribution in [3.63, 3.8) is 0 Å². The predicted molar refractivity (Wildman–Crippen MR) is 77.2 cm³/mol. The molecule has 0 bridgehead atoms. The normalized spacial score (nSPS) is 20.1. The SMILES string of the molecule is c1ccc(OC(c2ccccc2)C2CCNC2)cc1. The number of rotatable bonds is 4. The van der Waals surface area contributed by atoms with Crippen molar-refractivity contribution in [2.75, 3.05) is 13.1 Å². The number of hydrogen-bond donors (Lipinski definition) is 1. The lowest BCUT2D eigenvalue weighted by atomic mass is 9.95. The molecule has 2 aromatic rings. The Hall–Kier alpha value is -1.80. The van der Waals surface area contributed by atoms with Crippen LogP contribution in [0, 0.1) is 5.92 Å². The summed E-state index contributed by atoms with van der Waals surface area (Å²) >= 11 is 0. The van der Waals surface area contributed by atoms with Crippen molar-refractivity contribution in [1.82, 2.24) is 5.32 Å². The first-order valence-electron chi connectivity index (χ1n) is 6.91. The van der Waals surface area contributed by atoms with Crippen molar-refractivity contribution in [3.05, 3.63) is 66.2 Å². The van der Waals surface area contributed by atoms with E-state index >= 15 is 0 Å². The first kappa shape index (κ1) is 12.2. The third-order valence-electron chi connectivity index (χ3n) is 3.66. The lowest BCUT2D eigenvalue weighted by Crippen LogP contribution is -2.21. The number of hydrogen-bond acceptors (Lipinski definition) is 2. The molecule has 0 amide bonds. The summed E-state index contributed by atoms with van der Waals surface area (Å²) in [4.78, 5) is 0. The van der Waals surface area contributed by atoms with E-state index in [-0.39, 0.29) is 6.10 Å². The molecule has 2 nitrogen and oxygen atoms in total. The fraction of sp³-hybridized carbons (Fsp3) is 0.294. The number of para-hydroxylation sites is 1. The summed E-state index contributed by atoms with van der Waals surface area (Å²) < 4.78 is 6.24. The molecule has 2 unspecified atom stereocenters. The molecule has 19 heavy (non-hydrogen) atoms. The maximum Gasteiger partial charge on any atom is 0.128 e. The Balaban J connectivity index is 1.84. The molecule has 1 heterocycles. The largest absolute Gasteiger partial charge is 0.485 e. The van der Waals surface area contributed by atoms with Crippen LogP contribution in [0.25, 0.3) is 0 Å². The van der Waals surface area contributed by atoms with Gasteiger partial charge in [-0.25, -0.2) is 0 Å². The lowest BCUT2D eigenvalue weighted by Gasteiger charge is -2.24. The summed E-state index contributed by atoms with van der Waals surface area (Å²) in [5.74, 6) is 1.49. The van der Waals surface area contributed by atoms with Gasteiger partial charge >= 0.3 is 0 Å². The Kier molecular flexibility index (Phi) is 3.80. The predicted octanol–water partition coefficient (Wildman–Crippen LogP) is 3.42. The molecular weight excluding hydrogens is 234 g/mol. The van der Waals surface area contributed by atoms with Crippen molar-refractivity contribution in [2.45, 2.75) is 12.5 Å². The minimum Gasteiger partial charge on any atom is -0.485 e. The molecule has 2 heteroatoms. The molecule has 1 N–H and O–H groups in total. The van der Waals surface area contributed by atoms with Crippen LogP contribution in [0.15, 0.2) is 60.7 Å². The Labute approximate surface area is 114 Å². The highest BCUT2D eigenvalue weighted by molar-refractivity contribution is 5.25. The summed E-state index contributed by atoms with van der Waals surface area (Å²) in [6, 6.07) is 20.6. The van der Waals surface area contributed by atoms with Crippen LogP contribution in [-0.2, 0) is 0 Å². The molecule has 0 radical (unpaired) electrons. The van der Waals surface area contributed by atoms with E-state index < -0.39 is 0 Å². The highest BCUT2D eigenvalue weighted by atomic mass is 16.5. The zero-order valence-corrected chi connectivity index (χ0v) is 11.0. The van der Waals surface area contributed by atoms with Gasteiger partial charge in [0.1, 0.15) is 11.9 Å². The Morgan fingerprint density at radius 1 is 0.947 bits per heavy atom. The van der Waals surface area contributed by atoms with Crippen molar-refractivity contribution in [3.8, 4) is 5.75 Å². The van der Waals surface area contributed by atoms with Crippen LogP contribution < -0.4 is 10.1 Å². The van der Waals surface area contributed by atoms with Crippen LogP contribution in [0.5, 0.6) is 5.75 Å². The molecule has 0 aliphatic carbocycles. The molecule has 2 atom stereocenters. The Morgan fingerprint density at radius 2 is 1.63 bits per heavy atom. The van der Waals surface area contributed by atoms with Gasteiger partial charge in [-0.15, -0.1) is 0 Å². The van der Waals surface area contributed by atoms with Gasteiger partial charge in [-0.3, -0.25) is 0 Å². The highest BCUT2D eigenvalue weighted by Crippen LogP contribution is 2.31. The zero-order chi connectivity index (χ0) is 12.9. The average Bonchev–Trinajstić information content (AvgIpc) is 3.01. The van der Waals surface area contributed by atoms with Gasteiger partial charge in [-0.2, -0.15) is 0 Å². The monoisotopic (exact) mass is 253 g/mol. The minimum absolute atomic E-state index is 0.138. The number of nitrogens with one attached hydrogen (secondary N) is 1. The molecule has 3 rings (SSSR count). The fourth-order valence-electron chi connectivity index (χ4n) is 2.66. The van der Waals surface area contributed by atoms with Crippen LogP contribution in [0.4, 0.5) is 0 Å². The summed E-state index contributed by atoms with van der Waals surface area (Å²) in [5.41, 5.74) is 1.26. The Morgan fingerprint density at radius 3 is 2.26 bits per heavy atom. The summed E-state index contributed by atoms with van der Waals surface area (Å²) in [6.45, 7) is 2.12. The van der Waals surface area contributed by atoms with Gasteiger partial charge in [-0.1, -0.05) is 48.5 Å². The molecule has 1 fully saturated rings. The van der Waals surface area contributed by atoms with E-state index in [1.54, 1.807) is 0 Å². The van der Waals surface area contributed by atoms with Crippen molar-refractivity contribution in [1.29, 1.82) is 0 Å². The van der Waals surface area contributed by atoms with Crippen molar-refractivity contribution in [2.24, 2.45) is 5.92 Å². The van der Waals surface area contributed by atoms with Gasteiger partial charge in [-0.05, 0) is 30.7 Å². The van der Waals surface area contributed by atoms with Gasteiger partial charge in [0.15, 0.2) is 0 Å². The minimum atomic E-state index is 0.138. The van der Waals surface area contributed by atoms with Crippen molar-refractivity contribution >= 4 is 0 Å². The van der Waals surface area contributed by atoms with E-state index in [9.17, 15) is 0 Å². The second kappa shape index (κ2) is 5.89. The van der Waals surface area contributed by atoms with E-state index in [0.29, 0.717) is 5.92 Å². The third kappa shape index (κ3) is 2.96. The maximum absolute atomic E-state index is 6.24. The van der Waals surface area contributed by atoms with Crippen LogP contribution in [0.2, 0.25) is 0 Å². The first-order chi connectivity index (χ1) is 9.43. The highest BCUT2D eigenvalue weighted by Gasteiger charge is 2.27. The van der Waals surface area contributed by atoms with Gasteiger partial charge < -0.3 is 10.1 Å². The summed E-state index contributed by atoms with van der Waals surface area (Å²) in [7, 11) is 0. The molecule has 2 aromatic carbocycles. The topological polar surface area (TPSA) is 21.3 Å². The van der Waals surface area contributed by atoms with Gasteiger partial charge in [0, 0.05) is 12.5 Å². The molecule has 0 aromatic heterocycles. The molecule has 0 spiro atoms. The molecule has 1 saturated heterocycles.